The van der Waals surface area contributed by atoms with Gasteiger partial charge in [0.05, 0.1) is 5.56 Å². The Morgan fingerprint density at radius 2 is 2.29 bits per heavy atom. The van der Waals surface area contributed by atoms with E-state index in [9.17, 15) is 4.79 Å². The smallest absolute Gasteiger partial charge is 0.335 e. The van der Waals surface area contributed by atoms with Crippen LogP contribution in [-0.4, -0.2) is 25.8 Å². The Hall–Kier alpha value is -2.02. The van der Waals surface area contributed by atoms with Crippen molar-refractivity contribution in [3.05, 3.63) is 30.1 Å². The second-order valence-electron chi connectivity index (χ2n) is 3.33. The standard InChI is InChI=1S/C10H10N4O2S/c1-14-10(12-5-13-14)17-8-4-6(9(15)16)2-3-7(8)11/h2-5H,11H2,1H3,(H,15,16). The third kappa shape index (κ3) is 2.39. The summed E-state index contributed by atoms with van der Waals surface area (Å²) in [6.45, 7) is 0. The minimum absolute atomic E-state index is 0.198. The molecule has 0 saturated heterocycles. The van der Waals surface area contributed by atoms with E-state index in [1.165, 1.54) is 30.2 Å². The fraction of sp³-hybridized carbons (Fsp3) is 0.100. The molecule has 0 aliphatic rings. The monoisotopic (exact) mass is 250 g/mol. The summed E-state index contributed by atoms with van der Waals surface area (Å²) >= 11 is 1.28. The Bertz CT molecular complexity index is 567. The highest BCUT2D eigenvalue weighted by Gasteiger charge is 2.10. The average molecular weight is 250 g/mol. The van der Waals surface area contributed by atoms with E-state index in [2.05, 4.69) is 10.1 Å². The van der Waals surface area contributed by atoms with Gasteiger partial charge in [-0.2, -0.15) is 5.10 Å². The summed E-state index contributed by atoms with van der Waals surface area (Å²) in [6.07, 6.45) is 1.43. The van der Waals surface area contributed by atoms with Gasteiger partial charge in [0.25, 0.3) is 0 Å². The van der Waals surface area contributed by atoms with Crippen molar-refractivity contribution in [1.29, 1.82) is 0 Å². The molecule has 0 radical (unpaired) electrons. The molecule has 0 aliphatic heterocycles. The molecule has 0 saturated carbocycles. The van der Waals surface area contributed by atoms with Crippen LogP contribution in [0.25, 0.3) is 0 Å². The summed E-state index contributed by atoms with van der Waals surface area (Å²) in [5.41, 5.74) is 6.50. The number of carbonyl (C=O) groups is 1. The highest BCUT2D eigenvalue weighted by molar-refractivity contribution is 7.99. The molecule has 0 atom stereocenters. The van der Waals surface area contributed by atoms with E-state index in [-0.39, 0.29) is 5.56 Å². The van der Waals surface area contributed by atoms with Crippen LogP contribution in [0, 0.1) is 0 Å². The van der Waals surface area contributed by atoms with Crippen molar-refractivity contribution in [1.82, 2.24) is 14.8 Å². The van der Waals surface area contributed by atoms with Crippen LogP contribution in [0.4, 0.5) is 5.69 Å². The van der Waals surface area contributed by atoms with Gasteiger partial charge in [-0.3, -0.25) is 0 Å². The molecule has 1 aromatic carbocycles. The highest BCUT2D eigenvalue weighted by Crippen LogP contribution is 2.31. The number of hydrogen-bond acceptors (Lipinski definition) is 5. The van der Waals surface area contributed by atoms with Crippen LogP contribution in [0.1, 0.15) is 10.4 Å². The molecule has 3 N–H and O–H groups in total. The predicted octanol–water partition coefficient (Wildman–Crippen LogP) is 1.25. The van der Waals surface area contributed by atoms with E-state index < -0.39 is 5.97 Å². The highest BCUT2D eigenvalue weighted by atomic mass is 32.2. The van der Waals surface area contributed by atoms with Crippen LogP contribution in [0.2, 0.25) is 0 Å². The zero-order valence-electron chi connectivity index (χ0n) is 8.99. The molecule has 1 aromatic heterocycles. The summed E-state index contributed by atoms with van der Waals surface area (Å²) in [4.78, 5) is 15.5. The lowest BCUT2D eigenvalue weighted by Crippen LogP contribution is -1.99. The van der Waals surface area contributed by atoms with Crippen LogP contribution in [-0.2, 0) is 7.05 Å². The number of anilines is 1. The molecular formula is C10H10N4O2S. The molecule has 0 unspecified atom stereocenters. The largest absolute Gasteiger partial charge is 0.478 e. The van der Waals surface area contributed by atoms with Crippen molar-refractivity contribution in [2.45, 2.75) is 10.1 Å². The summed E-state index contributed by atoms with van der Waals surface area (Å²) in [7, 11) is 1.76. The summed E-state index contributed by atoms with van der Waals surface area (Å²) in [5, 5.41) is 13.5. The van der Waals surface area contributed by atoms with E-state index in [1.54, 1.807) is 17.8 Å². The molecule has 0 amide bonds. The maximum absolute atomic E-state index is 10.9. The molecule has 2 rings (SSSR count). The lowest BCUT2D eigenvalue weighted by Gasteiger charge is -2.05. The molecule has 6 nitrogen and oxygen atoms in total. The minimum Gasteiger partial charge on any atom is -0.478 e. The van der Waals surface area contributed by atoms with Crippen molar-refractivity contribution in [2.75, 3.05) is 5.73 Å². The number of aryl methyl sites for hydroxylation is 1. The molecule has 7 heteroatoms. The Kier molecular flexibility index (Phi) is 3.01. The zero-order valence-corrected chi connectivity index (χ0v) is 9.81. The number of aromatic carboxylic acids is 1. The minimum atomic E-state index is -0.982. The number of benzene rings is 1. The molecule has 17 heavy (non-hydrogen) atoms. The van der Waals surface area contributed by atoms with Crippen LogP contribution >= 0.6 is 11.8 Å². The fourth-order valence-electron chi connectivity index (χ4n) is 1.23. The van der Waals surface area contributed by atoms with Gasteiger partial charge in [-0.05, 0) is 30.0 Å². The number of nitrogens with zero attached hydrogens (tertiary/aromatic N) is 3. The summed E-state index contributed by atoms with van der Waals surface area (Å²) < 4.78 is 1.59. The van der Waals surface area contributed by atoms with Crippen molar-refractivity contribution in [2.24, 2.45) is 7.05 Å². The molecule has 0 fully saturated rings. The first-order valence-electron chi connectivity index (χ1n) is 4.72. The molecule has 0 spiro atoms. The van der Waals surface area contributed by atoms with Gasteiger partial charge in [0.2, 0.25) is 0 Å². The lowest BCUT2D eigenvalue weighted by molar-refractivity contribution is 0.0696. The van der Waals surface area contributed by atoms with Gasteiger partial charge in [0.15, 0.2) is 5.16 Å². The van der Waals surface area contributed by atoms with Crippen LogP contribution in [0.3, 0.4) is 0 Å². The van der Waals surface area contributed by atoms with Crippen molar-refractivity contribution in [3.63, 3.8) is 0 Å². The Morgan fingerprint density at radius 1 is 1.53 bits per heavy atom. The maximum Gasteiger partial charge on any atom is 0.335 e. The second kappa shape index (κ2) is 4.46. The normalized spacial score (nSPS) is 10.4. The Balaban J connectivity index is 2.35. The first kappa shape index (κ1) is 11.5. The van der Waals surface area contributed by atoms with E-state index in [1.807, 2.05) is 0 Å². The number of carboxylic acid groups (broad SMARTS) is 1. The molecule has 0 bridgehead atoms. The summed E-state index contributed by atoms with van der Waals surface area (Å²) in [5.74, 6) is -0.982. The molecule has 1 heterocycles. The van der Waals surface area contributed by atoms with Crippen molar-refractivity contribution in [3.8, 4) is 0 Å². The van der Waals surface area contributed by atoms with Gasteiger partial charge in [-0.1, -0.05) is 0 Å². The third-order valence-electron chi connectivity index (χ3n) is 2.13. The first-order valence-corrected chi connectivity index (χ1v) is 5.54. The van der Waals surface area contributed by atoms with Gasteiger partial charge in [0.1, 0.15) is 6.33 Å². The van der Waals surface area contributed by atoms with E-state index >= 15 is 0 Å². The molecule has 0 aliphatic carbocycles. The Morgan fingerprint density at radius 3 is 2.88 bits per heavy atom. The number of hydrogen-bond donors (Lipinski definition) is 2. The number of carboxylic acids is 1. The summed E-state index contributed by atoms with van der Waals surface area (Å²) in [6, 6.07) is 4.57. The van der Waals surface area contributed by atoms with Crippen molar-refractivity contribution >= 4 is 23.4 Å². The van der Waals surface area contributed by atoms with Gasteiger partial charge in [-0.25, -0.2) is 14.5 Å². The number of rotatable bonds is 3. The predicted molar refractivity (Wildman–Crippen MR) is 62.9 cm³/mol. The average Bonchev–Trinajstić information content (AvgIpc) is 2.67. The van der Waals surface area contributed by atoms with Crippen LogP contribution in [0.15, 0.2) is 34.6 Å². The fourth-order valence-corrected chi connectivity index (χ4v) is 2.08. The van der Waals surface area contributed by atoms with Gasteiger partial charge >= 0.3 is 5.97 Å². The van der Waals surface area contributed by atoms with E-state index in [0.29, 0.717) is 15.7 Å². The number of nitrogens with two attached hydrogens (primary N) is 1. The first-order chi connectivity index (χ1) is 8.08. The number of aromatic nitrogens is 3. The molecule has 88 valence electrons. The van der Waals surface area contributed by atoms with Crippen molar-refractivity contribution < 1.29 is 9.90 Å². The SMILES string of the molecule is Cn1ncnc1Sc1cc(C(=O)O)ccc1N. The second-order valence-corrected chi connectivity index (χ2v) is 4.34. The molecular weight excluding hydrogens is 240 g/mol. The van der Waals surface area contributed by atoms with Gasteiger partial charge in [-0.15, -0.1) is 0 Å². The topological polar surface area (TPSA) is 94.0 Å². The lowest BCUT2D eigenvalue weighted by atomic mass is 10.2. The van der Waals surface area contributed by atoms with Crippen LogP contribution in [0.5, 0.6) is 0 Å². The van der Waals surface area contributed by atoms with Gasteiger partial charge < -0.3 is 10.8 Å². The van der Waals surface area contributed by atoms with E-state index in [0.717, 1.165) is 0 Å². The number of nitrogen functional groups attached to an aromatic ring is 1. The van der Waals surface area contributed by atoms with Gasteiger partial charge in [0, 0.05) is 17.6 Å². The Labute approximate surface area is 101 Å². The quantitative estimate of drug-likeness (QED) is 0.796. The van der Waals surface area contributed by atoms with Crippen LogP contribution < -0.4 is 5.73 Å². The molecule has 2 aromatic rings. The third-order valence-corrected chi connectivity index (χ3v) is 3.26. The zero-order chi connectivity index (χ0) is 12.4. The van der Waals surface area contributed by atoms with E-state index in [4.69, 9.17) is 10.8 Å². The maximum atomic E-state index is 10.9.